The molecule has 0 saturated carbocycles. The number of hydrogen-bond donors (Lipinski definition) is 1. The number of aromatic nitrogens is 2. The summed E-state index contributed by atoms with van der Waals surface area (Å²) in [5.41, 5.74) is 1.51. The maximum Gasteiger partial charge on any atom is 0.410 e. The lowest BCUT2D eigenvalue weighted by Crippen LogP contribution is -2.36. The second-order valence-electron chi connectivity index (χ2n) is 5.86. The Hall–Kier alpha value is -2.88. The number of anilines is 1. The van der Waals surface area contributed by atoms with E-state index in [4.69, 9.17) is 9.47 Å². The van der Waals surface area contributed by atoms with Crippen LogP contribution < -0.4 is 5.32 Å². The fourth-order valence-electron chi connectivity index (χ4n) is 2.94. The van der Waals surface area contributed by atoms with E-state index < -0.39 is 12.1 Å². The second kappa shape index (κ2) is 7.78. The van der Waals surface area contributed by atoms with Crippen molar-refractivity contribution < 1.29 is 23.9 Å². The van der Waals surface area contributed by atoms with E-state index in [0.717, 1.165) is 10.4 Å². The van der Waals surface area contributed by atoms with Gasteiger partial charge in [0.15, 0.2) is 0 Å². The van der Waals surface area contributed by atoms with Gasteiger partial charge in [0.2, 0.25) is 0 Å². The molecule has 0 atom stereocenters. The Morgan fingerprint density at radius 2 is 2.15 bits per heavy atom. The first-order valence-corrected chi connectivity index (χ1v) is 9.21. The molecular formula is C17H20N4O5S. The van der Waals surface area contributed by atoms with Crippen LogP contribution in [0.2, 0.25) is 0 Å². The molecule has 0 aromatic carbocycles. The molecule has 0 radical (unpaired) electrons. The SMILES string of the molecule is CCOC(=O)N1CCc2c(sc(NC(=O)c3ccnn3C)c2C(=O)OC)C1. The number of methoxy groups -OCH3 is 1. The third-order valence-electron chi connectivity index (χ3n) is 4.25. The lowest BCUT2D eigenvalue weighted by atomic mass is 10.0. The topological polar surface area (TPSA) is 103 Å². The summed E-state index contributed by atoms with van der Waals surface area (Å²) in [5.74, 6) is -0.890. The lowest BCUT2D eigenvalue weighted by Gasteiger charge is -2.26. The van der Waals surface area contributed by atoms with Crippen LogP contribution in [-0.2, 0) is 29.5 Å². The molecule has 0 saturated heterocycles. The Kier molecular flexibility index (Phi) is 5.45. The number of hydrogen-bond acceptors (Lipinski definition) is 7. The van der Waals surface area contributed by atoms with E-state index in [-0.39, 0.29) is 5.91 Å². The van der Waals surface area contributed by atoms with Crippen molar-refractivity contribution in [2.45, 2.75) is 19.9 Å². The molecule has 27 heavy (non-hydrogen) atoms. The Balaban J connectivity index is 1.91. The molecule has 3 heterocycles. The molecular weight excluding hydrogens is 372 g/mol. The predicted octanol–water partition coefficient (Wildman–Crippen LogP) is 2.04. The van der Waals surface area contributed by atoms with Crippen molar-refractivity contribution in [2.24, 2.45) is 7.05 Å². The molecule has 2 aromatic heterocycles. The Bertz CT molecular complexity index is 888. The zero-order chi connectivity index (χ0) is 19.6. The van der Waals surface area contributed by atoms with Crippen LogP contribution in [0.5, 0.6) is 0 Å². The molecule has 1 aliphatic rings. The molecule has 9 nitrogen and oxygen atoms in total. The van der Waals surface area contributed by atoms with E-state index in [9.17, 15) is 14.4 Å². The molecule has 10 heteroatoms. The van der Waals surface area contributed by atoms with Crippen molar-refractivity contribution in [3.63, 3.8) is 0 Å². The zero-order valence-corrected chi connectivity index (χ0v) is 16.1. The van der Waals surface area contributed by atoms with Gasteiger partial charge in [-0.05, 0) is 25.0 Å². The smallest absolute Gasteiger partial charge is 0.410 e. The highest BCUT2D eigenvalue weighted by Crippen LogP contribution is 2.38. The maximum absolute atomic E-state index is 12.5. The number of nitrogens with zero attached hydrogens (tertiary/aromatic N) is 3. The van der Waals surface area contributed by atoms with E-state index in [2.05, 4.69) is 10.4 Å². The molecule has 1 N–H and O–H groups in total. The van der Waals surface area contributed by atoms with Crippen molar-refractivity contribution >= 4 is 34.3 Å². The van der Waals surface area contributed by atoms with Crippen molar-refractivity contribution in [3.8, 4) is 0 Å². The summed E-state index contributed by atoms with van der Waals surface area (Å²) in [6.45, 7) is 2.80. The Morgan fingerprint density at radius 3 is 2.78 bits per heavy atom. The van der Waals surface area contributed by atoms with Crippen LogP contribution in [0, 0.1) is 0 Å². The molecule has 0 aliphatic carbocycles. The van der Waals surface area contributed by atoms with Crippen molar-refractivity contribution in [1.82, 2.24) is 14.7 Å². The normalized spacial score (nSPS) is 13.1. The Morgan fingerprint density at radius 1 is 1.37 bits per heavy atom. The summed E-state index contributed by atoms with van der Waals surface area (Å²) < 4.78 is 11.4. The lowest BCUT2D eigenvalue weighted by molar-refractivity contribution is 0.0600. The van der Waals surface area contributed by atoms with Gasteiger partial charge < -0.3 is 19.7 Å². The van der Waals surface area contributed by atoms with Crippen LogP contribution in [0.4, 0.5) is 9.80 Å². The van der Waals surface area contributed by atoms with Crippen LogP contribution in [0.1, 0.15) is 38.2 Å². The fraction of sp³-hybridized carbons (Fsp3) is 0.412. The first-order chi connectivity index (χ1) is 13.0. The average Bonchev–Trinajstić information content (AvgIpc) is 3.23. The van der Waals surface area contributed by atoms with Gasteiger partial charge in [-0.25, -0.2) is 9.59 Å². The predicted molar refractivity (Wildman–Crippen MR) is 98.0 cm³/mol. The first-order valence-electron chi connectivity index (χ1n) is 8.40. The molecule has 1 aliphatic heterocycles. The molecule has 0 bridgehead atoms. The number of esters is 1. The maximum atomic E-state index is 12.5. The highest BCUT2D eigenvalue weighted by atomic mass is 32.1. The minimum absolute atomic E-state index is 0.298. The number of amides is 2. The van der Waals surface area contributed by atoms with Gasteiger partial charge in [0.25, 0.3) is 5.91 Å². The minimum atomic E-state index is -0.516. The highest BCUT2D eigenvalue weighted by molar-refractivity contribution is 7.17. The number of fused-ring (bicyclic) bond motifs is 1. The molecule has 2 amide bonds. The Labute approximate surface area is 159 Å². The van der Waals surface area contributed by atoms with Crippen molar-refractivity contribution in [2.75, 3.05) is 25.6 Å². The summed E-state index contributed by atoms with van der Waals surface area (Å²) in [7, 11) is 2.96. The fourth-order valence-corrected chi connectivity index (χ4v) is 4.19. The van der Waals surface area contributed by atoms with Crippen LogP contribution in [0.3, 0.4) is 0 Å². The zero-order valence-electron chi connectivity index (χ0n) is 15.3. The monoisotopic (exact) mass is 392 g/mol. The summed E-state index contributed by atoms with van der Waals surface area (Å²) in [6, 6.07) is 1.59. The summed E-state index contributed by atoms with van der Waals surface area (Å²) in [4.78, 5) is 39.3. The molecule has 0 spiro atoms. The standard InChI is InChI=1S/C17H20N4O5S/c1-4-26-17(24)21-8-6-10-12(9-21)27-15(13(10)16(23)25-3)19-14(22)11-5-7-18-20(11)2/h5,7H,4,6,8-9H2,1-3H3,(H,19,22). The van der Waals surface area contributed by atoms with Crippen molar-refractivity contribution in [3.05, 3.63) is 34.0 Å². The third-order valence-corrected chi connectivity index (χ3v) is 5.39. The van der Waals surface area contributed by atoms with Gasteiger partial charge in [-0.15, -0.1) is 11.3 Å². The highest BCUT2D eigenvalue weighted by Gasteiger charge is 2.31. The number of carbonyl (C=O) groups is 3. The summed E-state index contributed by atoms with van der Waals surface area (Å²) >= 11 is 1.26. The number of aryl methyl sites for hydroxylation is 1. The molecule has 3 rings (SSSR count). The van der Waals surface area contributed by atoms with E-state index in [1.807, 2.05) is 0 Å². The number of carbonyl (C=O) groups excluding carboxylic acids is 3. The molecule has 144 valence electrons. The molecule has 0 fully saturated rings. The average molecular weight is 392 g/mol. The van der Waals surface area contributed by atoms with Crippen LogP contribution in [0.25, 0.3) is 0 Å². The number of ether oxygens (including phenoxy) is 2. The van der Waals surface area contributed by atoms with Crippen LogP contribution in [-0.4, -0.2) is 52.9 Å². The first kappa shape index (κ1) is 18.9. The van der Waals surface area contributed by atoms with E-state index in [1.165, 1.54) is 29.3 Å². The number of thiophene rings is 1. The largest absolute Gasteiger partial charge is 0.465 e. The van der Waals surface area contributed by atoms with Crippen LogP contribution >= 0.6 is 11.3 Å². The van der Waals surface area contributed by atoms with Gasteiger partial charge in [0, 0.05) is 24.7 Å². The summed E-state index contributed by atoms with van der Waals surface area (Å²) in [5, 5.41) is 7.16. The molecule has 0 unspecified atom stereocenters. The van der Waals surface area contributed by atoms with Crippen LogP contribution in [0.15, 0.2) is 12.3 Å². The van der Waals surface area contributed by atoms with Gasteiger partial charge in [0.05, 0.1) is 25.8 Å². The quantitative estimate of drug-likeness (QED) is 0.799. The van der Waals surface area contributed by atoms with E-state index >= 15 is 0 Å². The van der Waals surface area contributed by atoms with Gasteiger partial charge >= 0.3 is 12.1 Å². The molecule has 2 aromatic rings. The minimum Gasteiger partial charge on any atom is -0.465 e. The third kappa shape index (κ3) is 3.65. The van der Waals surface area contributed by atoms with Gasteiger partial charge in [-0.3, -0.25) is 9.48 Å². The number of rotatable bonds is 4. The van der Waals surface area contributed by atoms with E-state index in [0.29, 0.717) is 42.4 Å². The van der Waals surface area contributed by atoms with E-state index in [1.54, 1.807) is 24.9 Å². The second-order valence-corrected chi connectivity index (χ2v) is 6.97. The van der Waals surface area contributed by atoms with Crippen molar-refractivity contribution in [1.29, 1.82) is 0 Å². The summed E-state index contributed by atoms with van der Waals surface area (Å²) in [6.07, 6.45) is 1.61. The van der Waals surface area contributed by atoms with Gasteiger partial charge in [-0.1, -0.05) is 0 Å². The van der Waals surface area contributed by atoms with Gasteiger partial charge in [0.1, 0.15) is 10.7 Å². The number of nitrogens with one attached hydrogen (secondary N) is 1. The van der Waals surface area contributed by atoms with Gasteiger partial charge in [-0.2, -0.15) is 5.10 Å².